The van der Waals surface area contributed by atoms with Crippen LogP contribution in [-0.4, -0.2) is 79.9 Å². The third-order valence-corrected chi connectivity index (χ3v) is 6.13. The monoisotopic (exact) mass is 359 g/mol. The number of ether oxygens (including phenoxy) is 4. The van der Waals surface area contributed by atoms with Crippen LogP contribution >= 0.6 is 0 Å². The highest BCUT2D eigenvalue weighted by atomic mass is 16.5. The summed E-state index contributed by atoms with van der Waals surface area (Å²) in [6.45, 7) is 4.00. The van der Waals surface area contributed by atoms with Crippen molar-refractivity contribution in [1.82, 2.24) is 5.32 Å². The van der Waals surface area contributed by atoms with E-state index in [1.165, 1.54) is 0 Å². The van der Waals surface area contributed by atoms with E-state index in [-0.39, 0.29) is 37.2 Å². The number of nitrogens with one attached hydrogen (secondary N) is 1. The van der Waals surface area contributed by atoms with Gasteiger partial charge in [-0.05, 0) is 33.1 Å². The predicted octanol–water partition coefficient (Wildman–Crippen LogP) is 0.278. The third-order valence-electron chi connectivity index (χ3n) is 6.13. The van der Waals surface area contributed by atoms with Gasteiger partial charge in [-0.3, -0.25) is 5.32 Å². The molecule has 2 heterocycles. The van der Waals surface area contributed by atoms with E-state index in [1.807, 2.05) is 0 Å². The maximum atomic E-state index is 10.0. The minimum Gasteiger partial charge on any atom is -0.388 e. The molecule has 7 heteroatoms. The Morgan fingerprint density at radius 2 is 1.84 bits per heavy atom. The molecule has 0 bridgehead atoms. The van der Waals surface area contributed by atoms with E-state index in [0.717, 1.165) is 25.9 Å². The Morgan fingerprint density at radius 3 is 2.48 bits per heavy atom. The molecular weight excluding hydrogens is 326 g/mol. The predicted molar refractivity (Wildman–Crippen MR) is 91.1 cm³/mol. The van der Waals surface area contributed by atoms with E-state index >= 15 is 0 Å². The first-order valence-electron chi connectivity index (χ1n) is 9.32. The molecule has 1 aliphatic carbocycles. The zero-order chi connectivity index (χ0) is 18.2. The molecule has 146 valence electrons. The molecule has 2 aliphatic heterocycles. The van der Waals surface area contributed by atoms with E-state index in [0.29, 0.717) is 11.8 Å². The van der Waals surface area contributed by atoms with Crippen molar-refractivity contribution >= 4 is 0 Å². The second-order valence-electron chi connectivity index (χ2n) is 8.12. The molecule has 25 heavy (non-hydrogen) atoms. The lowest BCUT2D eigenvalue weighted by atomic mass is 9.70. The quantitative estimate of drug-likeness (QED) is 0.628. The summed E-state index contributed by atoms with van der Waals surface area (Å²) in [5, 5.41) is 23.5. The molecule has 3 N–H and O–H groups in total. The molecule has 0 radical (unpaired) electrons. The Balaban J connectivity index is 1.68. The van der Waals surface area contributed by atoms with Crippen molar-refractivity contribution in [2.45, 2.75) is 75.4 Å². The van der Waals surface area contributed by atoms with Crippen molar-refractivity contribution in [2.24, 2.45) is 11.8 Å². The molecule has 7 unspecified atom stereocenters. The van der Waals surface area contributed by atoms with Crippen LogP contribution in [0.4, 0.5) is 0 Å². The number of methoxy groups -OCH3 is 2. The standard InChI is InChI=1S/C18H33NO6/c1-18(2,21)13(20)9-25-12-6-5-10-14(16(12)23-4)19-17-11(7-8-24-17)15(10)22-3/h10-17,19-21H,5-9H2,1-4H3/t10?,11?,12?,13-,14?,15?,16?,17?/m1/s1. The molecule has 0 aromatic carbocycles. The van der Waals surface area contributed by atoms with Gasteiger partial charge in [0.1, 0.15) is 12.3 Å². The number of fused-ring (bicyclic) bond motifs is 2. The fourth-order valence-electron chi connectivity index (χ4n) is 4.63. The van der Waals surface area contributed by atoms with Crippen LogP contribution in [0.5, 0.6) is 0 Å². The Hall–Kier alpha value is -0.280. The van der Waals surface area contributed by atoms with Crippen molar-refractivity contribution in [3.8, 4) is 0 Å². The molecule has 3 rings (SSSR count). The summed E-state index contributed by atoms with van der Waals surface area (Å²) in [5.41, 5.74) is -1.19. The summed E-state index contributed by atoms with van der Waals surface area (Å²) < 4.78 is 23.4. The minimum atomic E-state index is -1.19. The lowest BCUT2D eigenvalue weighted by molar-refractivity contribution is -0.177. The van der Waals surface area contributed by atoms with Crippen molar-refractivity contribution in [1.29, 1.82) is 0 Å². The average Bonchev–Trinajstić information content (AvgIpc) is 3.04. The van der Waals surface area contributed by atoms with Crippen molar-refractivity contribution in [3.05, 3.63) is 0 Å². The van der Waals surface area contributed by atoms with Crippen molar-refractivity contribution in [2.75, 3.05) is 27.4 Å². The number of hydrogen-bond donors (Lipinski definition) is 3. The molecule has 0 aromatic heterocycles. The maximum Gasteiger partial charge on any atom is 0.113 e. The SMILES string of the molecule is COC1C2CCOC2NC2C1CCC(OC[C@@H](O)C(C)(C)O)C2OC. The number of aliphatic hydroxyl groups is 2. The smallest absolute Gasteiger partial charge is 0.113 e. The number of aliphatic hydroxyl groups excluding tert-OH is 1. The van der Waals surface area contributed by atoms with Gasteiger partial charge >= 0.3 is 0 Å². The first kappa shape index (κ1) is 19.5. The Kier molecular flexibility index (Phi) is 6.05. The molecule has 7 nitrogen and oxygen atoms in total. The molecule has 8 atom stereocenters. The average molecular weight is 359 g/mol. The molecule has 2 saturated heterocycles. The lowest BCUT2D eigenvalue weighted by Crippen LogP contribution is -2.66. The van der Waals surface area contributed by atoms with Crippen LogP contribution in [0.1, 0.15) is 33.1 Å². The van der Waals surface area contributed by atoms with Gasteiger partial charge in [0.25, 0.3) is 0 Å². The summed E-state index contributed by atoms with van der Waals surface area (Å²) in [6.07, 6.45) is 1.80. The molecule has 1 saturated carbocycles. The topological polar surface area (TPSA) is 89.4 Å². The fraction of sp³-hybridized carbons (Fsp3) is 1.00. The van der Waals surface area contributed by atoms with Crippen LogP contribution in [0.3, 0.4) is 0 Å². The largest absolute Gasteiger partial charge is 0.388 e. The van der Waals surface area contributed by atoms with Gasteiger partial charge in [0.2, 0.25) is 0 Å². The molecule has 3 fully saturated rings. The summed E-state index contributed by atoms with van der Waals surface area (Å²) in [6, 6.07) is 0.0901. The third kappa shape index (κ3) is 3.88. The maximum absolute atomic E-state index is 10.0. The highest BCUT2D eigenvalue weighted by Crippen LogP contribution is 2.42. The Labute approximate surface area is 150 Å². The van der Waals surface area contributed by atoms with E-state index in [4.69, 9.17) is 18.9 Å². The van der Waals surface area contributed by atoms with Gasteiger partial charge in [-0.25, -0.2) is 0 Å². The van der Waals surface area contributed by atoms with Gasteiger partial charge in [0.15, 0.2) is 0 Å². The Bertz CT molecular complexity index is 442. The van der Waals surface area contributed by atoms with Crippen LogP contribution in [0.15, 0.2) is 0 Å². The van der Waals surface area contributed by atoms with Crippen molar-refractivity contribution < 1.29 is 29.2 Å². The van der Waals surface area contributed by atoms with Gasteiger partial charge in [0.05, 0.1) is 30.5 Å². The normalized spacial score (nSPS) is 42.7. The lowest BCUT2D eigenvalue weighted by Gasteiger charge is -2.51. The van der Waals surface area contributed by atoms with Crippen LogP contribution in [0.2, 0.25) is 0 Å². The van der Waals surface area contributed by atoms with Gasteiger partial charge in [0, 0.05) is 38.7 Å². The van der Waals surface area contributed by atoms with Crippen molar-refractivity contribution in [3.63, 3.8) is 0 Å². The van der Waals surface area contributed by atoms with Crippen LogP contribution < -0.4 is 5.32 Å². The van der Waals surface area contributed by atoms with E-state index in [2.05, 4.69) is 5.32 Å². The first-order valence-corrected chi connectivity index (χ1v) is 9.32. The van der Waals surface area contributed by atoms with E-state index in [9.17, 15) is 10.2 Å². The summed E-state index contributed by atoms with van der Waals surface area (Å²) >= 11 is 0. The highest BCUT2D eigenvalue weighted by molar-refractivity contribution is 5.04. The van der Waals surface area contributed by atoms with E-state index < -0.39 is 11.7 Å². The van der Waals surface area contributed by atoms with Gasteiger partial charge in [-0.2, -0.15) is 0 Å². The molecule has 0 amide bonds. The van der Waals surface area contributed by atoms with Gasteiger partial charge in [-0.15, -0.1) is 0 Å². The number of hydrogen-bond acceptors (Lipinski definition) is 7. The highest BCUT2D eigenvalue weighted by Gasteiger charge is 2.53. The molecule has 0 aromatic rings. The minimum absolute atomic E-state index is 0.00423. The molecular formula is C18H33NO6. The number of rotatable bonds is 6. The summed E-state index contributed by atoms with van der Waals surface area (Å²) in [7, 11) is 3.48. The molecule has 3 aliphatic rings. The van der Waals surface area contributed by atoms with Crippen LogP contribution in [-0.2, 0) is 18.9 Å². The zero-order valence-electron chi connectivity index (χ0n) is 15.7. The van der Waals surface area contributed by atoms with E-state index in [1.54, 1.807) is 28.1 Å². The van der Waals surface area contributed by atoms with Crippen LogP contribution in [0, 0.1) is 11.8 Å². The summed E-state index contributed by atoms with van der Waals surface area (Å²) in [4.78, 5) is 0. The Morgan fingerprint density at radius 1 is 1.12 bits per heavy atom. The van der Waals surface area contributed by atoms with Crippen LogP contribution in [0.25, 0.3) is 0 Å². The zero-order valence-corrected chi connectivity index (χ0v) is 15.7. The van der Waals surface area contributed by atoms with Gasteiger partial charge in [-0.1, -0.05) is 0 Å². The second-order valence-corrected chi connectivity index (χ2v) is 8.12. The fourth-order valence-corrected chi connectivity index (χ4v) is 4.63. The first-order chi connectivity index (χ1) is 11.9. The number of piperidine rings is 1. The van der Waals surface area contributed by atoms with Gasteiger partial charge < -0.3 is 29.2 Å². The molecule has 0 spiro atoms. The summed E-state index contributed by atoms with van der Waals surface area (Å²) in [5.74, 6) is 0.746. The second kappa shape index (κ2) is 7.76.